The Hall–Kier alpha value is -1.56. The molecule has 1 saturated carbocycles. The third-order valence-electron chi connectivity index (χ3n) is 3.15. The standard InChI is InChI=1S/C11H18N4O2/c1-17-9-10(12)13-7-14-11(9)15(5-6-16)8-3-2-4-8/h7-8,16H,2-6H2,1H3,(H2,12,13,14). The van der Waals surface area contributed by atoms with E-state index in [0.29, 0.717) is 30.0 Å². The monoisotopic (exact) mass is 238 g/mol. The third kappa shape index (κ3) is 2.26. The summed E-state index contributed by atoms with van der Waals surface area (Å²) in [5.74, 6) is 1.51. The maximum Gasteiger partial charge on any atom is 0.204 e. The Labute approximate surface area is 100 Å². The molecule has 3 N–H and O–H groups in total. The highest BCUT2D eigenvalue weighted by molar-refractivity contribution is 5.63. The molecule has 94 valence electrons. The molecule has 0 saturated heterocycles. The van der Waals surface area contributed by atoms with Gasteiger partial charge in [-0.2, -0.15) is 0 Å². The number of anilines is 2. The second-order valence-corrected chi connectivity index (χ2v) is 4.12. The molecule has 0 aliphatic heterocycles. The molecule has 0 radical (unpaired) electrons. The van der Waals surface area contributed by atoms with Crippen LogP contribution in [-0.2, 0) is 0 Å². The molecule has 1 fully saturated rings. The number of methoxy groups -OCH3 is 1. The first kappa shape index (κ1) is 11.9. The lowest BCUT2D eigenvalue weighted by molar-refractivity contribution is 0.281. The van der Waals surface area contributed by atoms with Crippen molar-refractivity contribution in [2.75, 3.05) is 30.9 Å². The molecular formula is C11H18N4O2. The van der Waals surface area contributed by atoms with Crippen LogP contribution in [0.1, 0.15) is 19.3 Å². The number of nitrogens with zero attached hydrogens (tertiary/aromatic N) is 3. The van der Waals surface area contributed by atoms with Gasteiger partial charge >= 0.3 is 0 Å². The molecule has 2 rings (SSSR count). The van der Waals surface area contributed by atoms with Crippen molar-refractivity contribution >= 4 is 11.6 Å². The summed E-state index contributed by atoms with van der Waals surface area (Å²) in [6, 6.07) is 0.422. The van der Waals surface area contributed by atoms with Gasteiger partial charge in [-0.05, 0) is 19.3 Å². The van der Waals surface area contributed by atoms with Gasteiger partial charge in [0.2, 0.25) is 5.75 Å². The second-order valence-electron chi connectivity index (χ2n) is 4.12. The van der Waals surface area contributed by atoms with Crippen LogP contribution in [0.25, 0.3) is 0 Å². The van der Waals surface area contributed by atoms with Crippen LogP contribution in [0.4, 0.5) is 11.6 Å². The van der Waals surface area contributed by atoms with Crippen LogP contribution < -0.4 is 15.4 Å². The highest BCUT2D eigenvalue weighted by atomic mass is 16.5. The minimum absolute atomic E-state index is 0.0869. The predicted octanol–water partition coefficient (Wildman–Crippen LogP) is 0.419. The first-order valence-electron chi connectivity index (χ1n) is 5.80. The van der Waals surface area contributed by atoms with Gasteiger partial charge in [0, 0.05) is 12.6 Å². The number of aliphatic hydroxyl groups excluding tert-OH is 1. The van der Waals surface area contributed by atoms with Gasteiger partial charge in [0.15, 0.2) is 11.6 Å². The molecule has 1 aromatic rings. The first-order valence-corrected chi connectivity index (χ1v) is 5.80. The number of aromatic nitrogens is 2. The molecule has 1 aliphatic rings. The lowest BCUT2D eigenvalue weighted by Gasteiger charge is -2.38. The minimum Gasteiger partial charge on any atom is -0.490 e. The average molecular weight is 238 g/mol. The fourth-order valence-corrected chi connectivity index (χ4v) is 2.05. The summed E-state index contributed by atoms with van der Waals surface area (Å²) in [6.07, 6.45) is 4.88. The van der Waals surface area contributed by atoms with Gasteiger partial charge in [-0.25, -0.2) is 9.97 Å². The highest BCUT2D eigenvalue weighted by Gasteiger charge is 2.28. The largest absolute Gasteiger partial charge is 0.490 e. The van der Waals surface area contributed by atoms with Crippen LogP contribution in [0.2, 0.25) is 0 Å². The SMILES string of the molecule is COc1c(N)ncnc1N(CCO)C1CCC1. The zero-order valence-electron chi connectivity index (χ0n) is 9.96. The number of nitrogen functional groups attached to an aromatic ring is 1. The van der Waals surface area contributed by atoms with Crippen LogP contribution in [0.15, 0.2) is 6.33 Å². The predicted molar refractivity (Wildman–Crippen MR) is 65.1 cm³/mol. The van der Waals surface area contributed by atoms with E-state index < -0.39 is 0 Å². The molecule has 17 heavy (non-hydrogen) atoms. The summed E-state index contributed by atoms with van der Waals surface area (Å²) in [6.45, 7) is 0.626. The Balaban J connectivity index is 2.30. The van der Waals surface area contributed by atoms with Crippen molar-refractivity contribution in [1.82, 2.24) is 9.97 Å². The Morgan fingerprint density at radius 2 is 2.29 bits per heavy atom. The third-order valence-corrected chi connectivity index (χ3v) is 3.15. The number of rotatable bonds is 5. The van der Waals surface area contributed by atoms with Crippen molar-refractivity contribution in [1.29, 1.82) is 0 Å². The summed E-state index contributed by atoms with van der Waals surface area (Å²) < 4.78 is 5.25. The maximum absolute atomic E-state index is 9.14. The Bertz CT molecular complexity index is 382. The van der Waals surface area contributed by atoms with E-state index in [9.17, 15) is 0 Å². The van der Waals surface area contributed by atoms with Gasteiger partial charge in [-0.15, -0.1) is 0 Å². The van der Waals surface area contributed by atoms with E-state index in [1.165, 1.54) is 12.7 Å². The van der Waals surface area contributed by atoms with E-state index in [1.807, 2.05) is 0 Å². The lowest BCUT2D eigenvalue weighted by atomic mass is 9.91. The van der Waals surface area contributed by atoms with E-state index in [-0.39, 0.29) is 6.61 Å². The van der Waals surface area contributed by atoms with Crippen LogP contribution in [-0.4, -0.2) is 41.4 Å². The Kier molecular flexibility index (Phi) is 3.63. The van der Waals surface area contributed by atoms with E-state index in [1.54, 1.807) is 7.11 Å². The van der Waals surface area contributed by atoms with Crippen LogP contribution in [0.5, 0.6) is 5.75 Å². The number of ether oxygens (including phenoxy) is 1. The Morgan fingerprint density at radius 1 is 1.53 bits per heavy atom. The van der Waals surface area contributed by atoms with Crippen molar-refractivity contribution in [3.63, 3.8) is 0 Å². The van der Waals surface area contributed by atoms with Crippen molar-refractivity contribution < 1.29 is 9.84 Å². The Morgan fingerprint density at radius 3 is 2.82 bits per heavy atom. The normalized spacial score (nSPS) is 15.4. The molecular weight excluding hydrogens is 220 g/mol. The van der Waals surface area contributed by atoms with Gasteiger partial charge in [0.1, 0.15) is 6.33 Å². The van der Waals surface area contributed by atoms with Crippen LogP contribution in [0.3, 0.4) is 0 Å². The topological polar surface area (TPSA) is 84.5 Å². The molecule has 0 bridgehead atoms. The lowest BCUT2D eigenvalue weighted by Crippen LogP contribution is -2.42. The van der Waals surface area contributed by atoms with E-state index >= 15 is 0 Å². The first-order chi connectivity index (χ1) is 8.27. The molecule has 1 aliphatic carbocycles. The molecule has 0 aromatic carbocycles. The summed E-state index contributed by atoms with van der Waals surface area (Å²) >= 11 is 0. The summed E-state index contributed by atoms with van der Waals surface area (Å²) in [4.78, 5) is 10.2. The zero-order chi connectivity index (χ0) is 12.3. The summed E-state index contributed by atoms with van der Waals surface area (Å²) in [5.41, 5.74) is 5.76. The summed E-state index contributed by atoms with van der Waals surface area (Å²) in [7, 11) is 1.55. The van der Waals surface area contributed by atoms with Crippen LogP contribution >= 0.6 is 0 Å². The van der Waals surface area contributed by atoms with E-state index in [4.69, 9.17) is 15.6 Å². The van der Waals surface area contributed by atoms with Crippen LogP contribution in [0, 0.1) is 0 Å². The fourth-order valence-electron chi connectivity index (χ4n) is 2.05. The molecule has 1 aromatic heterocycles. The van der Waals surface area contributed by atoms with Gasteiger partial charge in [-0.1, -0.05) is 0 Å². The van der Waals surface area contributed by atoms with Gasteiger partial charge < -0.3 is 20.5 Å². The quantitative estimate of drug-likeness (QED) is 0.773. The zero-order valence-corrected chi connectivity index (χ0v) is 9.96. The molecule has 1 heterocycles. The number of hydrogen-bond donors (Lipinski definition) is 2. The summed E-state index contributed by atoms with van der Waals surface area (Å²) in [5, 5.41) is 9.14. The molecule has 6 heteroatoms. The molecule has 0 amide bonds. The van der Waals surface area contributed by atoms with Crippen molar-refractivity contribution in [2.24, 2.45) is 0 Å². The number of nitrogens with two attached hydrogens (primary N) is 1. The van der Waals surface area contributed by atoms with Crippen molar-refractivity contribution in [3.05, 3.63) is 6.33 Å². The number of hydrogen-bond acceptors (Lipinski definition) is 6. The maximum atomic E-state index is 9.14. The second kappa shape index (κ2) is 5.18. The molecule has 0 atom stereocenters. The van der Waals surface area contributed by atoms with E-state index in [2.05, 4.69) is 14.9 Å². The molecule has 6 nitrogen and oxygen atoms in total. The van der Waals surface area contributed by atoms with E-state index in [0.717, 1.165) is 12.8 Å². The van der Waals surface area contributed by atoms with Gasteiger partial charge in [0.25, 0.3) is 0 Å². The smallest absolute Gasteiger partial charge is 0.204 e. The van der Waals surface area contributed by atoms with Gasteiger partial charge in [-0.3, -0.25) is 0 Å². The van der Waals surface area contributed by atoms with Gasteiger partial charge in [0.05, 0.1) is 13.7 Å². The fraction of sp³-hybridized carbons (Fsp3) is 0.636. The average Bonchev–Trinajstić information content (AvgIpc) is 2.26. The van der Waals surface area contributed by atoms with Crippen molar-refractivity contribution in [2.45, 2.75) is 25.3 Å². The highest BCUT2D eigenvalue weighted by Crippen LogP contribution is 2.35. The van der Waals surface area contributed by atoms with Crippen molar-refractivity contribution in [3.8, 4) is 5.75 Å². The minimum atomic E-state index is 0.0869. The number of aliphatic hydroxyl groups is 1. The molecule has 0 spiro atoms. The molecule has 0 unspecified atom stereocenters.